The maximum absolute atomic E-state index is 9.28. The highest BCUT2D eigenvalue weighted by Crippen LogP contribution is 2.12. The van der Waals surface area contributed by atoms with Gasteiger partial charge in [-0.25, -0.2) is 4.68 Å². The molecule has 0 unspecified atom stereocenters. The van der Waals surface area contributed by atoms with Crippen LogP contribution in [-0.4, -0.2) is 20.1 Å². The molecule has 0 fully saturated rings. The average Bonchev–Trinajstić information content (AvgIpc) is 2.81. The molecule has 1 aromatic heterocycles. The quantitative estimate of drug-likeness (QED) is 0.896. The van der Waals surface area contributed by atoms with Crippen LogP contribution in [0, 0.1) is 6.92 Å². The number of aromatic nitrogens is 3. The van der Waals surface area contributed by atoms with E-state index in [2.05, 4.69) is 48.4 Å². The maximum atomic E-state index is 9.28. The molecule has 0 saturated carbocycles. The van der Waals surface area contributed by atoms with Gasteiger partial charge in [0.15, 0.2) is 0 Å². The minimum absolute atomic E-state index is 0.0860. The van der Waals surface area contributed by atoms with E-state index in [0.717, 1.165) is 24.2 Å². The third-order valence-corrected chi connectivity index (χ3v) is 2.94. The molecule has 0 aliphatic heterocycles. The van der Waals surface area contributed by atoms with Crippen molar-refractivity contribution >= 4 is 12.2 Å². The predicted molar refractivity (Wildman–Crippen MR) is 76.3 cm³/mol. The van der Waals surface area contributed by atoms with Gasteiger partial charge in [0.1, 0.15) is 5.69 Å². The van der Waals surface area contributed by atoms with Gasteiger partial charge in [0, 0.05) is 6.54 Å². The zero-order valence-corrected chi connectivity index (χ0v) is 11.4. The van der Waals surface area contributed by atoms with Gasteiger partial charge in [-0.1, -0.05) is 48.0 Å². The summed E-state index contributed by atoms with van der Waals surface area (Å²) in [7, 11) is 0. The molecule has 4 heteroatoms. The van der Waals surface area contributed by atoms with E-state index in [1.807, 2.05) is 16.8 Å². The molecule has 2 rings (SSSR count). The first kappa shape index (κ1) is 13.5. The maximum Gasteiger partial charge on any atom is 0.115 e. The lowest BCUT2D eigenvalue weighted by atomic mass is 10.1. The third kappa shape index (κ3) is 3.29. The molecule has 0 spiro atoms. The second kappa shape index (κ2) is 6.29. The Balaban J connectivity index is 2.26. The average molecular weight is 257 g/mol. The van der Waals surface area contributed by atoms with Gasteiger partial charge in [-0.05, 0) is 25.0 Å². The molecule has 0 atom stereocenters. The van der Waals surface area contributed by atoms with Crippen LogP contribution in [0.4, 0.5) is 0 Å². The molecule has 19 heavy (non-hydrogen) atoms. The summed E-state index contributed by atoms with van der Waals surface area (Å²) >= 11 is 0. The van der Waals surface area contributed by atoms with Crippen LogP contribution in [0.1, 0.15) is 35.9 Å². The largest absolute Gasteiger partial charge is 0.390 e. The van der Waals surface area contributed by atoms with E-state index in [-0.39, 0.29) is 6.61 Å². The number of benzene rings is 1. The standard InChI is InChI=1S/C15H19N3O/c1-3-10-18-15(14(11-19)16-17-18)9-8-13-6-4-12(2)5-7-13/h4-9,19H,3,10-11H2,1-2H3/b9-8+. The Morgan fingerprint density at radius 3 is 2.58 bits per heavy atom. The van der Waals surface area contributed by atoms with Gasteiger partial charge in [0.2, 0.25) is 0 Å². The molecule has 1 aromatic carbocycles. The molecule has 2 aromatic rings. The monoisotopic (exact) mass is 257 g/mol. The Hall–Kier alpha value is -1.94. The normalized spacial score (nSPS) is 11.3. The van der Waals surface area contributed by atoms with Crippen LogP contribution < -0.4 is 0 Å². The van der Waals surface area contributed by atoms with Crippen molar-refractivity contribution in [1.29, 1.82) is 0 Å². The first-order valence-corrected chi connectivity index (χ1v) is 6.52. The van der Waals surface area contributed by atoms with E-state index >= 15 is 0 Å². The molecule has 100 valence electrons. The minimum Gasteiger partial charge on any atom is -0.390 e. The van der Waals surface area contributed by atoms with Crippen LogP contribution in [0.5, 0.6) is 0 Å². The van der Waals surface area contributed by atoms with Crippen molar-refractivity contribution in [3.8, 4) is 0 Å². The van der Waals surface area contributed by atoms with Crippen LogP contribution in [0.15, 0.2) is 24.3 Å². The molecular weight excluding hydrogens is 238 g/mol. The number of aryl methyl sites for hydroxylation is 2. The highest BCUT2D eigenvalue weighted by molar-refractivity contribution is 5.69. The van der Waals surface area contributed by atoms with Crippen molar-refractivity contribution in [2.75, 3.05) is 0 Å². The van der Waals surface area contributed by atoms with E-state index in [0.29, 0.717) is 5.69 Å². The van der Waals surface area contributed by atoms with Gasteiger partial charge in [-0.2, -0.15) is 0 Å². The van der Waals surface area contributed by atoms with Crippen molar-refractivity contribution in [3.05, 3.63) is 46.8 Å². The fraction of sp³-hybridized carbons (Fsp3) is 0.333. The SMILES string of the molecule is CCCn1nnc(CO)c1/C=C/c1ccc(C)cc1. The van der Waals surface area contributed by atoms with Gasteiger partial charge in [-0.3, -0.25) is 0 Å². The summed E-state index contributed by atoms with van der Waals surface area (Å²) in [6, 6.07) is 8.29. The molecule has 0 saturated heterocycles. The number of aliphatic hydroxyl groups excluding tert-OH is 1. The number of nitrogens with zero attached hydrogens (tertiary/aromatic N) is 3. The van der Waals surface area contributed by atoms with Crippen molar-refractivity contribution < 1.29 is 5.11 Å². The Morgan fingerprint density at radius 2 is 1.95 bits per heavy atom. The minimum atomic E-state index is -0.0860. The van der Waals surface area contributed by atoms with Gasteiger partial charge < -0.3 is 5.11 Å². The van der Waals surface area contributed by atoms with Crippen LogP contribution >= 0.6 is 0 Å². The molecule has 0 amide bonds. The summed E-state index contributed by atoms with van der Waals surface area (Å²) in [5.74, 6) is 0. The molecule has 0 radical (unpaired) electrons. The molecule has 0 aliphatic rings. The molecule has 1 N–H and O–H groups in total. The zero-order chi connectivity index (χ0) is 13.7. The molecular formula is C15H19N3O. The Bertz CT molecular complexity index is 555. The van der Waals surface area contributed by atoms with E-state index in [9.17, 15) is 5.11 Å². The third-order valence-electron chi connectivity index (χ3n) is 2.94. The fourth-order valence-electron chi connectivity index (χ4n) is 1.88. The number of rotatable bonds is 5. The summed E-state index contributed by atoms with van der Waals surface area (Å²) in [5, 5.41) is 17.3. The number of hydrogen-bond donors (Lipinski definition) is 1. The smallest absolute Gasteiger partial charge is 0.115 e. The van der Waals surface area contributed by atoms with Crippen molar-refractivity contribution in [2.24, 2.45) is 0 Å². The lowest BCUT2D eigenvalue weighted by molar-refractivity contribution is 0.276. The Kier molecular flexibility index (Phi) is 4.47. The number of aliphatic hydroxyl groups is 1. The van der Waals surface area contributed by atoms with Crippen LogP contribution in [-0.2, 0) is 13.2 Å². The van der Waals surface area contributed by atoms with Crippen molar-refractivity contribution in [2.45, 2.75) is 33.4 Å². The number of hydrogen-bond acceptors (Lipinski definition) is 3. The van der Waals surface area contributed by atoms with Crippen LogP contribution in [0.25, 0.3) is 12.2 Å². The summed E-state index contributed by atoms with van der Waals surface area (Å²) in [5.41, 5.74) is 3.87. The molecule has 0 bridgehead atoms. The van der Waals surface area contributed by atoms with Crippen molar-refractivity contribution in [3.63, 3.8) is 0 Å². The topological polar surface area (TPSA) is 50.9 Å². The zero-order valence-electron chi connectivity index (χ0n) is 11.4. The second-order valence-corrected chi connectivity index (χ2v) is 4.55. The van der Waals surface area contributed by atoms with E-state index < -0.39 is 0 Å². The second-order valence-electron chi connectivity index (χ2n) is 4.55. The Morgan fingerprint density at radius 1 is 1.21 bits per heavy atom. The van der Waals surface area contributed by atoms with E-state index in [1.165, 1.54) is 5.56 Å². The lowest BCUT2D eigenvalue weighted by Crippen LogP contribution is -2.02. The van der Waals surface area contributed by atoms with E-state index in [1.54, 1.807) is 0 Å². The summed E-state index contributed by atoms with van der Waals surface area (Å²) in [6.45, 7) is 4.88. The van der Waals surface area contributed by atoms with Crippen molar-refractivity contribution in [1.82, 2.24) is 15.0 Å². The highest BCUT2D eigenvalue weighted by atomic mass is 16.3. The first-order chi connectivity index (χ1) is 9.24. The molecule has 4 nitrogen and oxygen atoms in total. The summed E-state index contributed by atoms with van der Waals surface area (Å²) < 4.78 is 1.83. The van der Waals surface area contributed by atoms with Gasteiger partial charge in [-0.15, -0.1) is 5.10 Å². The Labute approximate surface area is 113 Å². The van der Waals surface area contributed by atoms with E-state index in [4.69, 9.17) is 0 Å². The van der Waals surface area contributed by atoms with Crippen LogP contribution in [0.3, 0.4) is 0 Å². The molecule has 0 aliphatic carbocycles. The summed E-state index contributed by atoms with van der Waals surface area (Å²) in [4.78, 5) is 0. The van der Waals surface area contributed by atoms with Crippen LogP contribution in [0.2, 0.25) is 0 Å². The lowest BCUT2D eigenvalue weighted by Gasteiger charge is -2.01. The van der Waals surface area contributed by atoms with Gasteiger partial charge >= 0.3 is 0 Å². The van der Waals surface area contributed by atoms with Gasteiger partial charge in [0.05, 0.1) is 12.3 Å². The fourth-order valence-corrected chi connectivity index (χ4v) is 1.88. The summed E-state index contributed by atoms with van der Waals surface area (Å²) in [6.07, 6.45) is 4.97. The van der Waals surface area contributed by atoms with Gasteiger partial charge in [0.25, 0.3) is 0 Å². The predicted octanol–water partition coefficient (Wildman–Crippen LogP) is 2.66. The highest BCUT2D eigenvalue weighted by Gasteiger charge is 2.08. The first-order valence-electron chi connectivity index (χ1n) is 6.52. The molecule has 1 heterocycles.